The molecular weight excluding hydrogens is 271 g/mol. The van der Waals surface area contributed by atoms with Crippen molar-refractivity contribution in [1.82, 2.24) is 9.97 Å². The molecule has 0 amide bonds. The minimum absolute atomic E-state index is 0.269. The van der Waals surface area contributed by atoms with Gasteiger partial charge in [0.1, 0.15) is 5.82 Å². The maximum Gasteiger partial charge on any atom is 0.260 e. The van der Waals surface area contributed by atoms with E-state index in [2.05, 4.69) is 15.3 Å². The van der Waals surface area contributed by atoms with Crippen LogP contribution in [0.25, 0.3) is 10.9 Å². The van der Waals surface area contributed by atoms with E-state index < -0.39 is 0 Å². The number of rotatable bonds is 3. The van der Waals surface area contributed by atoms with Gasteiger partial charge in [0.05, 0.1) is 10.9 Å². The van der Waals surface area contributed by atoms with Gasteiger partial charge in [-0.15, -0.1) is 0 Å². The van der Waals surface area contributed by atoms with Crippen LogP contribution in [0.4, 0.5) is 16.0 Å². The maximum atomic E-state index is 13.1. The molecule has 3 aromatic rings. The van der Waals surface area contributed by atoms with E-state index in [9.17, 15) is 9.18 Å². The Morgan fingerprint density at radius 3 is 2.90 bits per heavy atom. The topological polar surface area (TPSA) is 83.8 Å². The van der Waals surface area contributed by atoms with Crippen molar-refractivity contribution in [2.75, 3.05) is 11.1 Å². The average molecular weight is 284 g/mol. The van der Waals surface area contributed by atoms with Gasteiger partial charge in [0.2, 0.25) is 5.95 Å². The summed E-state index contributed by atoms with van der Waals surface area (Å²) in [7, 11) is 0. The fourth-order valence-electron chi connectivity index (χ4n) is 2.07. The van der Waals surface area contributed by atoms with Crippen molar-refractivity contribution in [2.24, 2.45) is 0 Å². The molecule has 21 heavy (non-hydrogen) atoms. The first-order valence-corrected chi connectivity index (χ1v) is 6.40. The van der Waals surface area contributed by atoms with Crippen LogP contribution in [-0.2, 0) is 6.54 Å². The lowest BCUT2D eigenvalue weighted by Gasteiger charge is -2.07. The number of aromatic nitrogens is 2. The molecule has 0 aliphatic rings. The van der Waals surface area contributed by atoms with Crippen LogP contribution in [0, 0.1) is 5.82 Å². The van der Waals surface area contributed by atoms with Crippen molar-refractivity contribution in [3.63, 3.8) is 0 Å². The second kappa shape index (κ2) is 5.24. The number of hydrogen-bond acceptors (Lipinski definition) is 4. The van der Waals surface area contributed by atoms with E-state index in [4.69, 9.17) is 5.73 Å². The summed E-state index contributed by atoms with van der Waals surface area (Å²) in [6, 6.07) is 11.2. The zero-order chi connectivity index (χ0) is 14.8. The van der Waals surface area contributed by atoms with Gasteiger partial charge >= 0.3 is 0 Å². The first-order chi connectivity index (χ1) is 10.1. The highest BCUT2D eigenvalue weighted by Gasteiger charge is 2.04. The predicted molar refractivity (Wildman–Crippen MR) is 80.5 cm³/mol. The largest absolute Gasteiger partial charge is 0.399 e. The predicted octanol–water partition coefficient (Wildman–Crippen LogP) is 2.26. The zero-order valence-corrected chi connectivity index (χ0v) is 11.1. The maximum absolute atomic E-state index is 13.1. The van der Waals surface area contributed by atoms with Crippen molar-refractivity contribution in [1.29, 1.82) is 0 Å². The van der Waals surface area contributed by atoms with Gasteiger partial charge in [0.15, 0.2) is 0 Å². The van der Waals surface area contributed by atoms with Crippen molar-refractivity contribution in [3.8, 4) is 0 Å². The fraction of sp³-hybridized carbons (Fsp3) is 0.0667. The lowest BCUT2D eigenvalue weighted by atomic mass is 10.2. The molecule has 2 aromatic carbocycles. The molecule has 0 radical (unpaired) electrons. The highest BCUT2D eigenvalue weighted by atomic mass is 19.1. The van der Waals surface area contributed by atoms with Crippen LogP contribution in [0.15, 0.2) is 47.3 Å². The number of H-pyrrole nitrogens is 1. The standard InChI is InChI=1S/C15H13FN4O/c16-10-3-1-2-9(6-10)8-18-15-19-13-5-4-11(17)7-12(13)14(21)20-15/h1-7H,8,17H2,(H2,18,19,20,21). The van der Waals surface area contributed by atoms with Crippen molar-refractivity contribution in [2.45, 2.75) is 6.54 Å². The number of hydrogen-bond donors (Lipinski definition) is 3. The van der Waals surface area contributed by atoms with Gasteiger partial charge in [0, 0.05) is 12.2 Å². The molecule has 0 fully saturated rings. The smallest absolute Gasteiger partial charge is 0.260 e. The quantitative estimate of drug-likeness (QED) is 0.644. The van der Waals surface area contributed by atoms with Crippen LogP contribution in [0.3, 0.4) is 0 Å². The van der Waals surface area contributed by atoms with Crippen molar-refractivity contribution >= 4 is 22.5 Å². The summed E-state index contributed by atoms with van der Waals surface area (Å²) in [5.74, 6) is 0.0336. The van der Waals surface area contributed by atoms with Crippen LogP contribution in [0.1, 0.15) is 5.56 Å². The van der Waals surface area contributed by atoms with E-state index in [0.29, 0.717) is 29.1 Å². The van der Waals surface area contributed by atoms with Crippen LogP contribution >= 0.6 is 0 Å². The molecular formula is C15H13FN4O. The number of fused-ring (bicyclic) bond motifs is 1. The molecule has 0 atom stereocenters. The third-order valence-corrected chi connectivity index (χ3v) is 3.08. The Balaban J connectivity index is 1.88. The number of anilines is 2. The second-order valence-electron chi connectivity index (χ2n) is 4.67. The van der Waals surface area contributed by atoms with Gasteiger partial charge in [-0.2, -0.15) is 0 Å². The van der Waals surface area contributed by atoms with Gasteiger partial charge in [-0.25, -0.2) is 9.37 Å². The SMILES string of the molecule is Nc1ccc2nc(NCc3cccc(F)c3)[nH]c(=O)c2c1. The Morgan fingerprint density at radius 2 is 2.10 bits per heavy atom. The van der Waals surface area contributed by atoms with E-state index in [1.807, 2.05) is 0 Å². The molecule has 0 bridgehead atoms. The number of nitrogen functional groups attached to an aromatic ring is 1. The molecule has 3 rings (SSSR count). The summed E-state index contributed by atoms with van der Waals surface area (Å²) >= 11 is 0. The molecule has 0 aliphatic heterocycles. The number of benzene rings is 2. The molecule has 1 aromatic heterocycles. The number of nitrogens with two attached hydrogens (primary N) is 1. The molecule has 5 nitrogen and oxygen atoms in total. The number of aromatic amines is 1. The second-order valence-corrected chi connectivity index (χ2v) is 4.67. The van der Waals surface area contributed by atoms with E-state index in [-0.39, 0.29) is 11.4 Å². The summed E-state index contributed by atoms with van der Waals surface area (Å²) in [4.78, 5) is 18.9. The molecule has 0 aliphatic carbocycles. The van der Waals surface area contributed by atoms with E-state index in [1.165, 1.54) is 12.1 Å². The molecule has 0 unspecified atom stereocenters. The van der Waals surface area contributed by atoms with Gasteiger partial charge in [0.25, 0.3) is 5.56 Å². The Kier molecular flexibility index (Phi) is 3.27. The van der Waals surface area contributed by atoms with E-state index in [1.54, 1.807) is 30.3 Å². The summed E-state index contributed by atoms with van der Waals surface area (Å²) in [5, 5.41) is 3.41. The highest BCUT2D eigenvalue weighted by molar-refractivity contribution is 5.81. The Morgan fingerprint density at radius 1 is 1.24 bits per heavy atom. The molecule has 6 heteroatoms. The average Bonchev–Trinajstić information content (AvgIpc) is 2.46. The monoisotopic (exact) mass is 284 g/mol. The number of nitrogens with zero attached hydrogens (tertiary/aromatic N) is 1. The number of halogens is 1. The fourth-order valence-corrected chi connectivity index (χ4v) is 2.07. The normalized spacial score (nSPS) is 10.7. The van der Waals surface area contributed by atoms with Crippen molar-refractivity contribution in [3.05, 3.63) is 64.2 Å². The third-order valence-electron chi connectivity index (χ3n) is 3.08. The first kappa shape index (κ1) is 13.1. The third kappa shape index (κ3) is 2.84. The molecule has 4 N–H and O–H groups in total. The van der Waals surface area contributed by atoms with Crippen LogP contribution in [-0.4, -0.2) is 9.97 Å². The van der Waals surface area contributed by atoms with Crippen molar-refractivity contribution < 1.29 is 4.39 Å². The summed E-state index contributed by atoms with van der Waals surface area (Å²) in [6.45, 7) is 0.362. The van der Waals surface area contributed by atoms with E-state index in [0.717, 1.165) is 5.56 Å². The minimum atomic E-state index is -0.301. The molecule has 1 heterocycles. The lowest BCUT2D eigenvalue weighted by Crippen LogP contribution is -2.13. The van der Waals surface area contributed by atoms with Gasteiger partial charge in [-0.1, -0.05) is 12.1 Å². The first-order valence-electron chi connectivity index (χ1n) is 6.40. The molecule has 106 valence electrons. The zero-order valence-electron chi connectivity index (χ0n) is 11.1. The van der Waals surface area contributed by atoms with E-state index >= 15 is 0 Å². The number of nitrogens with one attached hydrogen (secondary N) is 2. The lowest BCUT2D eigenvalue weighted by molar-refractivity contribution is 0.626. The van der Waals surface area contributed by atoms with Crippen LogP contribution < -0.4 is 16.6 Å². The molecule has 0 saturated heterocycles. The molecule has 0 spiro atoms. The van der Waals surface area contributed by atoms with Gasteiger partial charge in [-0.05, 0) is 35.9 Å². The Hall–Kier alpha value is -2.89. The summed E-state index contributed by atoms with van der Waals surface area (Å²) < 4.78 is 13.1. The van der Waals surface area contributed by atoms with Gasteiger partial charge in [-0.3, -0.25) is 9.78 Å². The van der Waals surface area contributed by atoms with Crippen LogP contribution in [0.5, 0.6) is 0 Å². The van der Waals surface area contributed by atoms with Gasteiger partial charge < -0.3 is 11.1 Å². The van der Waals surface area contributed by atoms with Crippen LogP contribution in [0.2, 0.25) is 0 Å². The summed E-state index contributed by atoms with van der Waals surface area (Å²) in [5.41, 5.74) is 7.20. The summed E-state index contributed by atoms with van der Waals surface area (Å²) in [6.07, 6.45) is 0. The Bertz CT molecular complexity index is 860. The highest BCUT2D eigenvalue weighted by Crippen LogP contribution is 2.13. The Labute approximate surface area is 119 Å². The minimum Gasteiger partial charge on any atom is -0.399 e. The molecule has 0 saturated carbocycles.